The van der Waals surface area contributed by atoms with Crippen LogP contribution in [0.3, 0.4) is 0 Å². The van der Waals surface area contributed by atoms with Crippen molar-refractivity contribution in [1.29, 1.82) is 0 Å². The molecule has 10 aliphatic rings. The van der Waals surface area contributed by atoms with Gasteiger partial charge in [0.05, 0.1) is 30.1 Å². The lowest BCUT2D eigenvalue weighted by Crippen LogP contribution is -2.67. The van der Waals surface area contributed by atoms with E-state index in [0.717, 1.165) is 70.1 Å². The summed E-state index contributed by atoms with van der Waals surface area (Å²) in [5.74, 6) is 4.78. The number of ether oxygens (including phenoxy) is 2. The average Bonchev–Trinajstić information content (AvgIpc) is 3.97. The lowest BCUT2D eigenvalue weighted by molar-refractivity contribution is -0.249. The van der Waals surface area contributed by atoms with Crippen molar-refractivity contribution in [3.8, 4) is 0 Å². The number of methoxy groups -OCH3 is 2. The molecule has 10 rings (SSSR count). The lowest BCUT2D eigenvalue weighted by Gasteiger charge is -2.72. The predicted molar refractivity (Wildman–Crippen MR) is 308 cm³/mol. The SMILES string of the molecule is C=C(C)[C@@H]1CC[C@]2(C(=O)O)CC[C@]3(C)[C@H](CC[C@@H]4[C@@]5(C)CC[C@H](OC)C(C)(C)[C@@H]5CC[C@]43C)[C@@H]12.C=C(C)[C@@H]1CC[C@]2(C(=O)OC)CC[C@]3(C)[C@H](CC[C@@H]4[C@@]5(C)CC[C@H](O)C(C)(C)[C@@H]5CC[C@]43C)[C@@H]12.CC.CC.CC. The van der Waals surface area contributed by atoms with Gasteiger partial charge in [-0.05, 0) is 245 Å². The zero-order chi connectivity index (χ0) is 55.8. The molecule has 426 valence electrons. The number of rotatable bonds is 5. The summed E-state index contributed by atoms with van der Waals surface area (Å²) in [6, 6.07) is 0. The molecule has 74 heavy (non-hydrogen) atoms. The Morgan fingerprint density at radius 2 is 0.865 bits per heavy atom. The van der Waals surface area contributed by atoms with E-state index in [1.807, 2.05) is 48.7 Å². The summed E-state index contributed by atoms with van der Waals surface area (Å²) < 4.78 is 11.5. The summed E-state index contributed by atoms with van der Waals surface area (Å²) in [6.45, 7) is 50.4. The quantitative estimate of drug-likeness (QED) is 0.211. The minimum atomic E-state index is -0.522. The lowest BCUT2D eigenvalue weighted by atomic mass is 9.32. The van der Waals surface area contributed by atoms with Crippen molar-refractivity contribution in [2.24, 2.45) is 113 Å². The molecule has 2 N–H and O–H groups in total. The second-order valence-electron chi connectivity index (χ2n) is 29.4. The van der Waals surface area contributed by atoms with Crippen molar-refractivity contribution in [1.82, 2.24) is 0 Å². The Morgan fingerprint density at radius 3 is 1.28 bits per heavy atom. The first-order valence-corrected chi connectivity index (χ1v) is 31.4. The van der Waals surface area contributed by atoms with Crippen LogP contribution in [0.1, 0.15) is 253 Å². The first-order chi connectivity index (χ1) is 34.6. The van der Waals surface area contributed by atoms with E-state index in [1.165, 1.54) is 75.4 Å². The van der Waals surface area contributed by atoms with Gasteiger partial charge in [-0.2, -0.15) is 0 Å². The van der Waals surface area contributed by atoms with E-state index in [1.54, 1.807) is 7.11 Å². The number of aliphatic hydroxyl groups excluding tert-OH is 1. The smallest absolute Gasteiger partial charge is 0.312 e. The van der Waals surface area contributed by atoms with Gasteiger partial charge in [-0.1, -0.05) is 135 Å². The molecule has 0 bridgehead atoms. The van der Waals surface area contributed by atoms with Crippen molar-refractivity contribution in [3.63, 3.8) is 0 Å². The molecule has 0 radical (unpaired) electrons. The van der Waals surface area contributed by atoms with E-state index < -0.39 is 11.4 Å². The van der Waals surface area contributed by atoms with Crippen LogP contribution in [0.4, 0.5) is 0 Å². The van der Waals surface area contributed by atoms with Crippen molar-refractivity contribution in [2.75, 3.05) is 14.2 Å². The van der Waals surface area contributed by atoms with Gasteiger partial charge in [0, 0.05) is 7.11 Å². The van der Waals surface area contributed by atoms with Gasteiger partial charge in [0.25, 0.3) is 0 Å². The summed E-state index contributed by atoms with van der Waals surface area (Å²) in [5.41, 5.74) is 3.55. The number of carboxylic acid groups (broad SMARTS) is 1. The first kappa shape index (κ1) is 61.6. The van der Waals surface area contributed by atoms with Gasteiger partial charge in [-0.25, -0.2) is 0 Å². The topological polar surface area (TPSA) is 93.1 Å². The number of aliphatic hydroxyl groups is 1. The molecular weight excluding hydrogens is 913 g/mol. The summed E-state index contributed by atoms with van der Waals surface area (Å²) >= 11 is 0. The molecule has 6 heteroatoms. The number of hydrogen-bond acceptors (Lipinski definition) is 5. The maximum absolute atomic E-state index is 13.3. The molecule has 0 aliphatic heterocycles. The first-order valence-electron chi connectivity index (χ1n) is 31.4. The minimum absolute atomic E-state index is 0.00478. The number of fused-ring (bicyclic) bond motifs is 14. The number of allylic oxidation sites excluding steroid dienone is 2. The molecule has 0 aromatic heterocycles. The molecule has 0 saturated heterocycles. The third-order valence-electron chi connectivity index (χ3n) is 27.4. The van der Waals surface area contributed by atoms with Crippen LogP contribution in [0.2, 0.25) is 0 Å². The molecule has 20 atom stereocenters. The minimum Gasteiger partial charge on any atom is -0.481 e. The Balaban J connectivity index is 0.000000219. The van der Waals surface area contributed by atoms with Crippen LogP contribution >= 0.6 is 0 Å². The van der Waals surface area contributed by atoms with Gasteiger partial charge in [-0.15, -0.1) is 0 Å². The van der Waals surface area contributed by atoms with E-state index in [-0.39, 0.29) is 55.9 Å². The molecule has 6 nitrogen and oxygen atoms in total. The predicted octanol–water partition coefficient (Wildman–Crippen LogP) is 18.0. The van der Waals surface area contributed by atoms with Crippen molar-refractivity contribution in [2.45, 2.75) is 265 Å². The highest BCUT2D eigenvalue weighted by molar-refractivity contribution is 5.78. The van der Waals surface area contributed by atoms with Gasteiger partial charge in [-0.3, -0.25) is 9.59 Å². The van der Waals surface area contributed by atoms with Crippen molar-refractivity contribution < 1.29 is 29.3 Å². The molecule has 0 aromatic carbocycles. The number of hydrogen-bond donors (Lipinski definition) is 2. The molecule has 10 fully saturated rings. The van der Waals surface area contributed by atoms with Crippen LogP contribution in [0.25, 0.3) is 0 Å². The summed E-state index contributed by atoms with van der Waals surface area (Å²) in [5, 5.41) is 21.5. The molecule has 0 spiro atoms. The number of carbonyl (C=O) groups is 2. The van der Waals surface area contributed by atoms with Gasteiger partial charge in [0.2, 0.25) is 0 Å². The van der Waals surface area contributed by atoms with E-state index in [9.17, 15) is 19.8 Å². The maximum Gasteiger partial charge on any atom is 0.312 e. The fourth-order valence-corrected chi connectivity index (χ4v) is 23.6. The highest BCUT2D eigenvalue weighted by Crippen LogP contribution is 2.80. The Hall–Kier alpha value is -1.66. The number of carboxylic acids is 1. The third-order valence-corrected chi connectivity index (χ3v) is 27.4. The highest BCUT2D eigenvalue weighted by Gasteiger charge is 2.74. The maximum atomic E-state index is 13.3. The van der Waals surface area contributed by atoms with Gasteiger partial charge in [0.1, 0.15) is 0 Å². The molecule has 0 heterocycles. The van der Waals surface area contributed by atoms with Crippen LogP contribution in [0.5, 0.6) is 0 Å². The van der Waals surface area contributed by atoms with Crippen molar-refractivity contribution >= 4 is 11.9 Å². The van der Waals surface area contributed by atoms with E-state index in [0.29, 0.717) is 64.3 Å². The molecule has 0 unspecified atom stereocenters. The number of esters is 1. The summed E-state index contributed by atoms with van der Waals surface area (Å²) in [4.78, 5) is 26.1. The monoisotopic (exact) mass is 1030 g/mol. The molecule has 0 aromatic rings. The normalized spacial score (nSPS) is 49.6. The van der Waals surface area contributed by atoms with Crippen LogP contribution in [-0.2, 0) is 19.1 Å². The number of aliphatic carboxylic acids is 1. The number of carbonyl (C=O) groups excluding carboxylic acids is 1. The zero-order valence-electron chi connectivity index (χ0n) is 52.0. The Kier molecular flexibility index (Phi) is 17.8. The standard InChI is InChI=1S/2C31H50O3.3C2H6/c1-19(2)20-11-16-31(26(32)33)18-17-29(6)21(25(20)31)9-10-23-28(5)14-13-24(34-8)27(3,4)22(28)12-15-30(23,29)7;1-19(2)20-11-16-31(26(33)34-8)18-17-29(6)21(25(20)31)9-10-23-28(5)14-13-24(32)27(3,4)22(28)12-15-30(23,29)7;3*1-2/h20-25H,1,9-18H2,2-8H3,(H,32,33);20-25,32H,1,9-18H2,2-8H3;3*1-2H3/t2*20-,21+,22-,23+,24-,25+,28-,29+,30+,31-;;;/m00.../s1. The van der Waals surface area contributed by atoms with E-state index in [2.05, 4.69) is 96.2 Å². The third kappa shape index (κ3) is 8.43. The van der Waals surface area contributed by atoms with E-state index in [4.69, 9.17) is 9.47 Å². The molecule has 10 saturated carbocycles. The molecule has 10 aliphatic carbocycles. The molecular formula is C68H118O6. The highest BCUT2D eigenvalue weighted by atomic mass is 16.5. The van der Waals surface area contributed by atoms with Gasteiger partial charge in [0.15, 0.2) is 0 Å². The largest absolute Gasteiger partial charge is 0.481 e. The Bertz CT molecular complexity index is 2040. The summed E-state index contributed by atoms with van der Waals surface area (Å²) in [7, 11) is 3.50. The Morgan fingerprint density at radius 1 is 0.459 bits per heavy atom. The van der Waals surface area contributed by atoms with Crippen LogP contribution in [-0.4, -0.2) is 48.6 Å². The molecule has 0 amide bonds. The summed E-state index contributed by atoms with van der Waals surface area (Å²) in [6.07, 6.45) is 22.8. The van der Waals surface area contributed by atoms with Gasteiger partial charge < -0.3 is 19.7 Å². The van der Waals surface area contributed by atoms with Gasteiger partial charge >= 0.3 is 11.9 Å². The fourth-order valence-electron chi connectivity index (χ4n) is 23.6. The van der Waals surface area contributed by atoms with Crippen LogP contribution in [0, 0.1) is 113 Å². The zero-order valence-corrected chi connectivity index (χ0v) is 52.0. The van der Waals surface area contributed by atoms with E-state index >= 15 is 0 Å². The Labute approximate surface area is 456 Å². The van der Waals surface area contributed by atoms with Crippen LogP contribution < -0.4 is 0 Å². The van der Waals surface area contributed by atoms with Crippen LogP contribution in [0.15, 0.2) is 24.3 Å². The fraction of sp³-hybridized carbons (Fsp3) is 0.912. The second kappa shape index (κ2) is 21.4. The average molecular weight is 1030 g/mol. The van der Waals surface area contributed by atoms with Crippen molar-refractivity contribution in [3.05, 3.63) is 24.3 Å². The second-order valence-corrected chi connectivity index (χ2v) is 29.4.